The van der Waals surface area contributed by atoms with Gasteiger partial charge in [0.15, 0.2) is 0 Å². The van der Waals surface area contributed by atoms with Crippen LogP contribution < -0.4 is 14.8 Å². The lowest BCUT2D eigenvalue weighted by Crippen LogP contribution is -2.15. The molecular formula is C20H17BrClN3O5S2. The van der Waals surface area contributed by atoms with Gasteiger partial charge < -0.3 is 5.32 Å². The minimum Gasteiger partial charge on any atom is -0.322 e. The minimum atomic E-state index is -3.81. The average Bonchev–Trinajstić information content (AvgIpc) is 2.69. The van der Waals surface area contributed by atoms with E-state index in [1.54, 1.807) is 24.3 Å². The van der Waals surface area contributed by atoms with E-state index in [9.17, 15) is 21.6 Å². The highest BCUT2D eigenvalue weighted by Gasteiger charge is 2.16. The number of halogens is 2. The summed E-state index contributed by atoms with van der Waals surface area (Å²) < 4.78 is 53.3. The SMILES string of the molecule is CS(=O)(=O)Nc1ccc(C(=O)Nc2ccc(S(=O)(=O)Nc3ccc(Br)cc3)cc2)c(Cl)c1. The number of nitrogens with one attached hydrogen (secondary N) is 3. The number of anilines is 3. The van der Waals surface area contributed by atoms with Crippen LogP contribution in [0.3, 0.4) is 0 Å². The zero-order valence-electron chi connectivity index (χ0n) is 16.5. The molecule has 0 fully saturated rings. The second kappa shape index (κ2) is 9.49. The Morgan fingerprint density at radius 2 is 1.38 bits per heavy atom. The van der Waals surface area contributed by atoms with Gasteiger partial charge in [-0.25, -0.2) is 16.8 Å². The molecule has 0 radical (unpaired) electrons. The molecule has 0 aliphatic rings. The van der Waals surface area contributed by atoms with E-state index in [0.717, 1.165) is 10.7 Å². The first-order valence-corrected chi connectivity index (χ1v) is 13.4. The molecule has 8 nitrogen and oxygen atoms in total. The zero-order chi connectivity index (χ0) is 23.5. The lowest BCUT2D eigenvalue weighted by Gasteiger charge is -2.11. The maximum Gasteiger partial charge on any atom is 0.261 e. The highest BCUT2D eigenvalue weighted by atomic mass is 79.9. The van der Waals surface area contributed by atoms with Crippen molar-refractivity contribution in [3.63, 3.8) is 0 Å². The summed E-state index contributed by atoms with van der Waals surface area (Å²) >= 11 is 9.39. The van der Waals surface area contributed by atoms with Gasteiger partial charge in [0.2, 0.25) is 10.0 Å². The molecule has 0 spiro atoms. The molecule has 3 aromatic carbocycles. The number of rotatable bonds is 7. The van der Waals surface area contributed by atoms with Crippen molar-refractivity contribution in [2.45, 2.75) is 4.90 Å². The second-order valence-electron chi connectivity index (χ2n) is 6.66. The predicted molar refractivity (Wildman–Crippen MR) is 129 cm³/mol. The monoisotopic (exact) mass is 557 g/mol. The highest BCUT2D eigenvalue weighted by Crippen LogP contribution is 2.24. The number of carbonyl (C=O) groups excluding carboxylic acids is 1. The summed E-state index contributed by atoms with van der Waals surface area (Å²) in [5.74, 6) is -0.537. The summed E-state index contributed by atoms with van der Waals surface area (Å²) in [5.41, 5.74) is 1.11. The second-order valence-corrected chi connectivity index (χ2v) is 11.4. The van der Waals surface area contributed by atoms with Gasteiger partial charge >= 0.3 is 0 Å². The fourth-order valence-electron chi connectivity index (χ4n) is 2.62. The van der Waals surface area contributed by atoms with Gasteiger partial charge in [0.25, 0.3) is 15.9 Å². The first kappa shape index (κ1) is 24.1. The van der Waals surface area contributed by atoms with Crippen molar-refractivity contribution >= 4 is 70.5 Å². The third-order valence-corrected chi connectivity index (χ3v) is 6.88. The van der Waals surface area contributed by atoms with Gasteiger partial charge in [0.05, 0.1) is 21.7 Å². The number of hydrogen-bond acceptors (Lipinski definition) is 5. The summed E-state index contributed by atoms with van der Waals surface area (Å²) in [6.45, 7) is 0. The van der Waals surface area contributed by atoms with E-state index in [1.165, 1.54) is 42.5 Å². The Balaban J connectivity index is 1.71. The Bertz CT molecular complexity index is 1360. The molecule has 3 aromatic rings. The third-order valence-electron chi connectivity index (χ3n) is 4.04. The number of amides is 1. The van der Waals surface area contributed by atoms with Crippen LogP contribution in [0.5, 0.6) is 0 Å². The molecule has 3 rings (SSSR count). The summed E-state index contributed by atoms with van der Waals surface area (Å²) in [6.07, 6.45) is 1.000. The van der Waals surface area contributed by atoms with Gasteiger partial charge in [0.1, 0.15) is 0 Å². The topological polar surface area (TPSA) is 121 Å². The average molecular weight is 559 g/mol. The first-order chi connectivity index (χ1) is 14.9. The van der Waals surface area contributed by atoms with Crippen molar-refractivity contribution in [2.75, 3.05) is 21.0 Å². The lowest BCUT2D eigenvalue weighted by molar-refractivity contribution is 0.102. The van der Waals surface area contributed by atoms with Gasteiger partial charge in [-0.1, -0.05) is 27.5 Å². The molecule has 0 atom stereocenters. The molecule has 3 N–H and O–H groups in total. The first-order valence-electron chi connectivity index (χ1n) is 8.90. The van der Waals surface area contributed by atoms with Crippen molar-refractivity contribution in [1.29, 1.82) is 0 Å². The van der Waals surface area contributed by atoms with E-state index in [1.807, 2.05) is 0 Å². The van der Waals surface area contributed by atoms with E-state index in [-0.39, 0.29) is 21.2 Å². The van der Waals surface area contributed by atoms with Crippen LogP contribution in [-0.4, -0.2) is 29.0 Å². The molecule has 1 amide bonds. The molecular weight excluding hydrogens is 542 g/mol. The minimum absolute atomic E-state index is 0.0210. The van der Waals surface area contributed by atoms with Crippen molar-refractivity contribution in [2.24, 2.45) is 0 Å². The maximum atomic E-state index is 12.5. The van der Waals surface area contributed by atoms with Crippen LogP contribution in [0.4, 0.5) is 17.1 Å². The molecule has 0 saturated carbocycles. The zero-order valence-corrected chi connectivity index (χ0v) is 20.4. The van der Waals surface area contributed by atoms with Gasteiger partial charge in [-0.3, -0.25) is 14.2 Å². The molecule has 0 aliphatic carbocycles. The van der Waals surface area contributed by atoms with Gasteiger partial charge in [0, 0.05) is 21.5 Å². The van der Waals surface area contributed by atoms with Gasteiger partial charge in [-0.05, 0) is 66.7 Å². The van der Waals surface area contributed by atoms with Crippen LogP contribution in [0, 0.1) is 0 Å². The molecule has 0 unspecified atom stereocenters. The fourth-order valence-corrected chi connectivity index (χ4v) is 4.77. The number of hydrogen-bond donors (Lipinski definition) is 3. The summed E-state index contributed by atoms with van der Waals surface area (Å²) in [7, 11) is -7.28. The van der Waals surface area contributed by atoms with Crippen LogP contribution in [0.25, 0.3) is 0 Å². The predicted octanol–water partition coefficient (Wildman–Crippen LogP) is 4.53. The Kier molecular flexibility index (Phi) is 7.13. The standard InChI is InChI=1S/C20H17BrClN3O5S2/c1-31(27,28)24-16-8-11-18(19(22)12-16)20(26)23-14-6-9-17(10-7-14)32(29,30)25-15-4-2-13(21)3-5-15/h2-12,24-25H,1H3,(H,23,26). The van der Waals surface area contributed by atoms with Crippen molar-refractivity contribution < 1.29 is 21.6 Å². The molecule has 32 heavy (non-hydrogen) atoms. The van der Waals surface area contributed by atoms with Crippen LogP contribution in [0.2, 0.25) is 5.02 Å². The van der Waals surface area contributed by atoms with Crippen molar-refractivity contribution in [3.8, 4) is 0 Å². The van der Waals surface area contributed by atoms with E-state index >= 15 is 0 Å². The van der Waals surface area contributed by atoms with Crippen LogP contribution in [0.15, 0.2) is 76.1 Å². The molecule has 12 heteroatoms. The van der Waals surface area contributed by atoms with Gasteiger partial charge in [-0.2, -0.15) is 0 Å². The number of benzene rings is 3. The Hall–Kier alpha value is -2.60. The number of carbonyl (C=O) groups is 1. The van der Waals surface area contributed by atoms with Gasteiger partial charge in [-0.15, -0.1) is 0 Å². The molecule has 0 heterocycles. The molecule has 0 aliphatic heterocycles. The largest absolute Gasteiger partial charge is 0.322 e. The summed E-state index contributed by atoms with van der Waals surface area (Å²) in [4.78, 5) is 12.5. The van der Waals surface area contributed by atoms with Crippen molar-refractivity contribution in [1.82, 2.24) is 0 Å². The smallest absolute Gasteiger partial charge is 0.261 e. The molecule has 0 aromatic heterocycles. The van der Waals surface area contributed by atoms with E-state index in [4.69, 9.17) is 11.6 Å². The lowest BCUT2D eigenvalue weighted by atomic mass is 10.2. The quantitative estimate of drug-likeness (QED) is 0.393. The van der Waals surface area contributed by atoms with Crippen LogP contribution >= 0.6 is 27.5 Å². The van der Waals surface area contributed by atoms with Crippen LogP contribution in [-0.2, 0) is 20.0 Å². The summed E-state index contributed by atoms with van der Waals surface area (Å²) in [6, 6.07) is 16.4. The highest BCUT2D eigenvalue weighted by molar-refractivity contribution is 9.10. The van der Waals surface area contributed by atoms with Crippen molar-refractivity contribution in [3.05, 3.63) is 81.8 Å². The van der Waals surface area contributed by atoms with E-state index in [2.05, 4.69) is 30.7 Å². The Morgan fingerprint density at radius 1 is 0.812 bits per heavy atom. The van der Waals surface area contributed by atoms with E-state index in [0.29, 0.717) is 11.4 Å². The Morgan fingerprint density at radius 3 is 1.94 bits per heavy atom. The summed E-state index contributed by atoms with van der Waals surface area (Å²) in [5, 5.41) is 2.67. The third kappa shape index (κ3) is 6.45. The maximum absolute atomic E-state index is 12.5. The van der Waals surface area contributed by atoms with Crippen LogP contribution in [0.1, 0.15) is 10.4 Å². The molecule has 0 bridgehead atoms. The molecule has 168 valence electrons. The normalized spacial score (nSPS) is 11.6. The van der Waals surface area contributed by atoms with E-state index < -0.39 is 26.0 Å². The molecule has 0 saturated heterocycles. The Labute approximate surface area is 199 Å². The fraction of sp³-hybridized carbons (Fsp3) is 0.0500. The number of sulfonamides is 2.